The minimum absolute atomic E-state index is 0.970. The average Bonchev–Trinajstić information content (AvgIpc) is 2.29. The van der Waals surface area contributed by atoms with Gasteiger partial charge in [0.05, 0.1) is 5.52 Å². The zero-order valence-electron chi connectivity index (χ0n) is 9.59. The molecule has 0 atom stereocenters. The second-order valence-electron chi connectivity index (χ2n) is 4.63. The summed E-state index contributed by atoms with van der Waals surface area (Å²) >= 11 is 0. The molecule has 0 fully saturated rings. The smallest absolute Gasteiger partial charge is 0.0728 e. The van der Waals surface area contributed by atoms with E-state index in [2.05, 4.69) is 25.1 Å². The van der Waals surface area contributed by atoms with E-state index in [1.165, 1.54) is 29.7 Å². The molecule has 16 heavy (non-hydrogen) atoms. The first kappa shape index (κ1) is 9.64. The van der Waals surface area contributed by atoms with Crippen LogP contribution in [0.2, 0.25) is 0 Å². The van der Waals surface area contributed by atoms with Gasteiger partial charge in [-0.05, 0) is 49.8 Å². The van der Waals surface area contributed by atoms with Gasteiger partial charge in [-0.3, -0.25) is 4.98 Å². The lowest BCUT2D eigenvalue weighted by atomic mass is 9.92. The van der Waals surface area contributed by atoms with E-state index in [4.69, 9.17) is 10.7 Å². The Labute approximate surface area is 95.5 Å². The first-order valence-electron chi connectivity index (χ1n) is 5.94. The molecule has 0 saturated carbocycles. The molecule has 1 aliphatic rings. The molecule has 2 aromatic rings. The predicted molar refractivity (Wildman–Crippen MR) is 67.5 cm³/mol. The molecule has 1 aromatic carbocycles. The van der Waals surface area contributed by atoms with Crippen molar-refractivity contribution in [2.45, 2.75) is 32.6 Å². The van der Waals surface area contributed by atoms with Gasteiger partial charge in [0.2, 0.25) is 0 Å². The minimum Gasteiger partial charge on any atom is -0.398 e. The lowest BCUT2D eigenvalue weighted by molar-refractivity contribution is 0.673. The highest BCUT2D eigenvalue weighted by Crippen LogP contribution is 2.32. The molecule has 1 aromatic heterocycles. The first-order valence-corrected chi connectivity index (χ1v) is 5.94. The molecule has 0 aliphatic heterocycles. The zero-order chi connectivity index (χ0) is 11.1. The van der Waals surface area contributed by atoms with E-state index in [9.17, 15) is 0 Å². The number of rotatable bonds is 0. The maximum Gasteiger partial charge on any atom is 0.0728 e. The molecule has 0 unspecified atom stereocenters. The van der Waals surface area contributed by atoms with Crippen molar-refractivity contribution < 1.29 is 0 Å². The molecule has 0 amide bonds. The number of hydrogen-bond acceptors (Lipinski definition) is 2. The third-order valence-electron chi connectivity index (χ3n) is 3.54. The number of anilines is 1. The summed E-state index contributed by atoms with van der Waals surface area (Å²) in [5.41, 5.74) is 12.1. The van der Waals surface area contributed by atoms with Crippen LogP contribution < -0.4 is 5.73 Å². The molecule has 0 spiro atoms. The summed E-state index contributed by atoms with van der Waals surface area (Å²) in [5.74, 6) is 0. The fourth-order valence-corrected chi connectivity index (χ4v) is 2.70. The van der Waals surface area contributed by atoms with Gasteiger partial charge in [0.15, 0.2) is 0 Å². The zero-order valence-corrected chi connectivity index (χ0v) is 9.59. The third kappa shape index (κ3) is 1.29. The van der Waals surface area contributed by atoms with Crippen LogP contribution in [0.5, 0.6) is 0 Å². The van der Waals surface area contributed by atoms with Gasteiger partial charge in [0, 0.05) is 16.8 Å². The molecule has 1 heterocycles. The predicted octanol–water partition coefficient (Wildman–Crippen LogP) is 3.00. The Balaban J connectivity index is 2.40. The number of pyridine rings is 1. The quantitative estimate of drug-likeness (QED) is 0.729. The summed E-state index contributed by atoms with van der Waals surface area (Å²) < 4.78 is 0. The van der Waals surface area contributed by atoms with Crippen LogP contribution >= 0.6 is 0 Å². The summed E-state index contributed by atoms with van der Waals surface area (Å²) in [7, 11) is 0. The van der Waals surface area contributed by atoms with Crippen LogP contribution in [0.4, 0.5) is 5.69 Å². The number of nitrogens with zero attached hydrogens (tertiary/aromatic N) is 1. The van der Waals surface area contributed by atoms with Gasteiger partial charge in [0.25, 0.3) is 0 Å². The SMILES string of the molecule is Cc1cccc2nc3c(c(N)c12)CCCC3. The Hall–Kier alpha value is -1.57. The van der Waals surface area contributed by atoms with E-state index < -0.39 is 0 Å². The van der Waals surface area contributed by atoms with Crippen molar-refractivity contribution in [1.82, 2.24) is 4.98 Å². The number of fused-ring (bicyclic) bond motifs is 2. The molecule has 2 nitrogen and oxygen atoms in total. The van der Waals surface area contributed by atoms with E-state index in [-0.39, 0.29) is 0 Å². The van der Waals surface area contributed by atoms with Crippen LogP contribution in [0, 0.1) is 6.92 Å². The highest BCUT2D eigenvalue weighted by molar-refractivity contribution is 5.94. The molecule has 0 saturated heterocycles. The summed E-state index contributed by atoms with van der Waals surface area (Å²) in [6.45, 7) is 2.11. The van der Waals surface area contributed by atoms with Crippen molar-refractivity contribution >= 4 is 16.6 Å². The Morgan fingerprint density at radius 1 is 1.19 bits per heavy atom. The van der Waals surface area contributed by atoms with Crippen molar-refractivity contribution in [1.29, 1.82) is 0 Å². The maximum absolute atomic E-state index is 6.30. The lowest BCUT2D eigenvalue weighted by Gasteiger charge is -2.19. The van der Waals surface area contributed by atoms with Crippen LogP contribution in [0.3, 0.4) is 0 Å². The molecular formula is C14H16N2. The maximum atomic E-state index is 6.30. The molecule has 3 rings (SSSR count). The van der Waals surface area contributed by atoms with Crippen LogP contribution in [0.1, 0.15) is 29.7 Å². The number of aryl methyl sites for hydroxylation is 2. The standard InChI is InChI=1S/C14H16N2/c1-9-5-4-8-12-13(9)14(15)10-6-2-3-7-11(10)16-12/h4-5,8H,2-3,6-7H2,1H3,(H2,15,16). The van der Waals surface area contributed by atoms with Crippen LogP contribution in [0.15, 0.2) is 18.2 Å². The van der Waals surface area contributed by atoms with Crippen molar-refractivity contribution in [3.8, 4) is 0 Å². The Kier molecular flexibility index (Phi) is 2.10. The number of aromatic nitrogens is 1. The fourth-order valence-electron chi connectivity index (χ4n) is 2.70. The van der Waals surface area contributed by atoms with Gasteiger partial charge in [0.1, 0.15) is 0 Å². The second kappa shape index (κ2) is 3.48. The number of nitrogen functional groups attached to an aromatic ring is 1. The summed E-state index contributed by atoms with van der Waals surface area (Å²) in [4.78, 5) is 4.76. The summed E-state index contributed by atoms with van der Waals surface area (Å²) in [5, 5.41) is 1.16. The molecule has 0 radical (unpaired) electrons. The van der Waals surface area contributed by atoms with Crippen molar-refractivity contribution in [2.24, 2.45) is 0 Å². The number of nitrogens with two attached hydrogens (primary N) is 1. The number of benzene rings is 1. The van der Waals surface area contributed by atoms with Gasteiger partial charge in [-0.1, -0.05) is 12.1 Å². The second-order valence-corrected chi connectivity index (χ2v) is 4.63. The minimum atomic E-state index is 0.970. The van der Waals surface area contributed by atoms with Gasteiger partial charge in [-0.25, -0.2) is 0 Å². The third-order valence-corrected chi connectivity index (χ3v) is 3.54. The van der Waals surface area contributed by atoms with E-state index in [0.717, 1.165) is 29.4 Å². The summed E-state index contributed by atoms with van der Waals surface area (Å²) in [6.07, 6.45) is 4.68. The van der Waals surface area contributed by atoms with Crippen LogP contribution in [-0.2, 0) is 12.8 Å². The van der Waals surface area contributed by atoms with Gasteiger partial charge < -0.3 is 5.73 Å². The molecular weight excluding hydrogens is 196 g/mol. The van der Waals surface area contributed by atoms with Gasteiger partial charge in [-0.2, -0.15) is 0 Å². The topological polar surface area (TPSA) is 38.9 Å². The number of hydrogen-bond donors (Lipinski definition) is 1. The Morgan fingerprint density at radius 3 is 2.88 bits per heavy atom. The van der Waals surface area contributed by atoms with Crippen molar-refractivity contribution in [3.63, 3.8) is 0 Å². The van der Waals surface area contributed by atoms with E-state index >= 15 is 0 Å². The Bertz CT molecular complexity index is 558. The average molecular weight is 212 g/mol. The summed E-state index contributed by atoms with van der Waals surface area (Å²) in [6, 6.07) is 6.22. The van der Waals surface area contributed by atoms with Gasteiger partial charge in [-0.15, -0.1) is 0 Å². The van der Waals surface area contributed by atoms with Gasteiger partial charge >= 0.3 is 0 Å². The monoisotopic (exact) mass is 212 g/mol. The van der Waals surface area contributed by atoms with Crippen molar-refractivity contribution in [3.05, 3.63) is 35.0 Å². The Morgan fingerprint density at radius 2 is 2.00 bits per heavy atom. The van der Waals surface area contributed by atoms with E-state index in [0.29, 0.717) is 0 Å². The first-order chi connectivity index (χ1) is 7.77. The molecule has 1 aliphatic carbocycles. The molecule has 0 bridgehead atoms. The lowest BCUT2D eigenvalue weighted by Crippen LogP contribution is -2.09. The fraction of sp³-hybridized carbons (Fsp3) is 0.357. The van der Waals surface area contributed by atoms with E-state index in [1.807, 2.05) is 0 Å². The molecule has 2 N–H and O–H groups in total. The normalized spacial score (nSPS) is 15.1. The van der Waals surface area contributed by atoms with Crippen LogP contribution in [-0.4, -0.2) is 4.98 Å². The van der Waals surface area contributed by atoms with E-state index in [1.54, 1.807) is 0 Å². The largest absolute Gasteiger partial charge is 0.398 e. The van der Waals surface area contributed by atoms with Crippen LogP contribution in [0.25, 0.3) is 10.9 Å². The highest BCUT2D eigenvalue weighted by Gasteiger charge is 2.16. The van der Waals surface area contributed by atoms with Crippen molar-refractivity contribution in [2.75, 3.05) is 5.73 Å². The highest BCUT2D eigenvalue weighted by atomic mass is 14.7. The molecule has 82 valence electrons. The molecule has 2 heteroatoms.